The topological polar surface area (TPSA) is 66.9 Å². The van der Waals surface area contributed by atoms with E-state index in [1.165, 1.54) is 7.11 Å². The van der Waals surface area contributed by atoms with Crippen LogP contribution in [0.25, 0.3) is 0 Å². The van der Waals surface area contributed by atoms with Gasteiger partial charge in [-0.25, -0.2) is 4.79 Å². The molecule has 0 unspecified atom stereocenters. The van der Waals surface area contributed by atoms with Crippen molar-refractivity contribution >= 4 is 17.8 Å². The number of benzene rings is 2. The highest BCUT2D eigenvalue weighted by Crippen LogP contribution is 2.24. The molecule has 6 nitrogen and oxygen atoms in total. The molecule has 6 heteroatoms. The molecule has 4 amide bonds. The van der Waals surface area contributed by atoms with Crippen molar-refractivity contribution in [1.82, 2.24) is 9.80 Å². The average Bonchev–Trinajstić information content (AvgIpc) is 2.81. The molecule has 1 aliphatic heterocycles. The second-order valence-electron chi connectivity index (χ2n) is 5.87. The van der Waals surface area contributed by atoms with Crippen molar-refractivity contribution in [3.63, 3.8) is 0 Å². The first-order valence-electron chi connectivity index (χ1n) is 7.86. The van der Waals surface area contributed by atoms with Crippen LogP contribution in [0.3, 0.4) is 0 Å². The van der Waals surface area contributed by atoms with Crippen LogP contribution in [0.5, 0.6) is 5.75 Å². The molecule has 1 saturated heterocycles. The highest BCUT2D eigenvalue weighted by atomic mass is 16.5. The van der Waals surface area contributed by atoms with Gasteiger partial charge in [0.1, 0.15) is 5.75 Å². The van der Waals surface area contributed by atoms with Crippen LogP contribution < -0.4 is 4.74 Å². The van der Waals surface area contributed by atoms with Gasteiger partial charge in [-0.2, -0.15) is 0 Å². The number of urea groups is 1. The summed E-state index contributed by atoms with van der Waals surface area (Å²) in [6.45, 7) is 1.98. The van der Waals surface area contributed by atoms with E-state index >= 15 is 0 Å². The van der Waals surface area contributed by atoms with E-state index in [0.717, 1.165) is 20.9 Å². The molecular weight excluding hydrogens is 320 g/mol. The first kappa shape index (κ1) is 16.7. The fourth-order valence-electron chi connectivity index (χ4n) is 2.80. The Bertz CT molecular complexity index is 833. The van der Waals surface area contributed by atoms with Crippen LogP contribution in [-0.4, -0.2) is 34.8 Å². The Morgan fingerprint density at radius 2 is 1.52 bits per heavy atom. The molecule has 1 aliphatic rings. The molecule has 0 aromatic heterocycles. The lowest BCUT2D eigenvalue weighted by atomic mass is 10.1. The zero-order valence-electron chi connectivity index (χ0n) is 14.1. The predicted molar refractivity (Wildman–Crippen MR) is 90.7 cm³/mol. The van der Waals surface area contributed by atoms with E-state index in [-0.39, 0.29) is 13.1 Å². The number of imide groups is 2. The maximum atomic E-state index is 12.6. The summed E-state index contributed by atoms with van der Waals surface area (Å²) in [5.74, 6) is -1.05. The molecule has 1 fully saturated rings. The number of ether oxygens (including phenoxy) is 1. The number of carbonyl (C=O) groups excluding carboxylic acids is 3. The number of carbonyl (C=O) groups is 3. The highest BCUT2D eigenvalue weighted by Gasteiger charge is 2.44. The van der Waals surface area contributed by atoms with E-state index in [2.05, 4.69) is 0 Å². The molecule has 0 aliphatic carbocycles. The summed E-state index contributed by atoms with van der Waals surface area (Å²) in [5, 5.41) is 0. The van der Waals surface area contributed by atoms with Crippen LogP contribution in [0.1, 0.15) is 16.7 Å². The van der Waals surface area contributed by atoms with Crippen molar-refractivity contribution in [3.05, 3.63) is 65.2 Å². The van der Waals surface area contributed by atoms with E-state index in [4.69, 9.17) is 4.74 Å². The van der Waals surface area contributed by atoms with E-state index in [1.807, 2.05) is 37.3 Å². The Balaban J connectivity index is 1.84. The van der Waals surface area contributed by atoms with Crippen LogP contribution in [-0.2, 0) is 22.7 Å². The summed E-state index contributed by atoms with van der Waals surface area (Å²) in [7, 11) is 1.52. The molecular formula is C19H18N2O4. The van der Waals surface area contributed by atoms with Gasteiger partial charge in [-0.1, -0.05) is 48.0 Å². The molecule has 0 atom stereocenters. The summed E-state index contributed by atoms with van der Waals surface area (Å²) >= 11 is 0. The van der Waals surface area contributed by atoms with Gasteiger partial charge in [0, 0.05) is 5.56 Å². The standard InChI is InChI=1S/C19H18N2O4/c1-13-8-9-16(25-2)15(10-13)12-21-18(23)17(22)20(19(21)24)11-14-6-4-3-5-7-14/h3-10H,11-12H2,1-2H3. The van der Waals surface area contributed by atoms with Crippen LogP contribution in [0.15, 0.2) is 48.5 Å². The Hall–Kier alpha value is -3.15. The van der Waals surface area contributed by atoms with Gasteiger partial charge in [0.15, 0.2) is 0 Å². The first-order valence-corrected chi connectivity index (χ1v) is 7.86. The minimum absolute atomic E-state index is 0.000447. The minimum atomic E-state index is -0.815. The van der Waals surface area contributed by atoms with Crippen LogP contribution >= 0.6 is 0 Å². The Morgan fingerprint density at radius 1 is 0.880 bits per heavy atom. The Morgan fingerprint density at radius 3 is 2.16 bits per heavy atom. The predicted octanol–water partition coefficient (Wildman–Crippen LogP) is 2.49. The van der Waals surface area contributed by atoms with Crippen LogP contribution in [0, 0.1) is 6.92 Å². The first-order chi connectivity index (χ1) is 12.0. The zero-order valence-corrected chi connectivity index (χ0v) is 14.1. The third-order valence-electron chi connectivity index (χ3n) is 4.08. The Kier molecular flexibility index (Phi) is 4.52. The summed E-state index contributed by atoms with van der Waals surface area (Å²) in [4.78, 5) is 39.0. The number of hydrogen-bond donors (Lipinski definition) is 0. The SMILES string of the molecule is COc1ccc(C)cc1CN1C(=O)C(=O)N(Cc2ccccc2)C1=O. The largest absolute Gasteiger partial charge is 0.496 e. The number of nitrogens with zero attached hydrogens (tertiary/aromatic N) is 2. The van der Waals surface area contributed by atoms with E-state index in [9.17, 15) is 14.4 Å². The zero-order chi connectivity index (χ0) is 18.0. The highest BCUT2D eigenvalue weighted by molar-refractivity contribution is 6.44. The van der Waals surface area contributed by atoms with Crippen molar-refractivity contribution in [2.45, 2.75) is 20.0 Å². The molecule has 3 rings (SSSR count). The fraction of sp³-hybridized carbons (Fsp3) is 0.211. The lowest BCUT2D eigenvalue weighted by Crippen LogP contribution is -2.32. The van der Waals surface area contributed by atoms with Gasteiger partial charge < -0.3 is 4.74 Å². The van der Waals surface area contributed by atoms with Crippen molar-refractivity contribution in [3.8, 4) is 5.75 Å². The van der Waals surface area contributed by atoms with Gasteiger partial charge >= 0.3 is 17.8 Å². The van der Waals surface area contributed by atoms with Gasteiger partial charge in [0.05, 0.1) is 20.2 Å². The van der Waals surface area contributed by atoms with Crippen LogP contribution in [0.4, 0.5) is 4.79 Å². The van der Waals surface area contributed by atoms with E-state index in [0.29, 0.717) is 11.3 Å². The third kappa shape index (κ3) is 3.24. The van der Waals surface area contributed by atoms with E-state index in [1.54, 1.807) is 18.2 Å². The lowest BCUT2D eigenvalue weighted by Gasteiger charge is -2.17. The molecule has 0 saturated carbocycles. The Labute approximate surface area is 145 Å². The quantitative estimate of drug-likeness (QED) is 0.620. The summed E-state index contributed by atoms with van der Waals surface area (Å²) in [6, 6.07) is 14.0. The summed E-state index contributed by atoms with van der Waals surface area (Å²) in [5.41, 5.74) is 2.44. The van der Waals surface area contributed by atoms with Crippen molar-refractivity contribution in [2.24, 2.45) is 0 Å². The number of methoxy groups -OCH3 is 1. The number of hydrogen-bond acceptors (Lipinski definition) is 4. The number of amides is 4. The summed E-state index contributed by atoms with van der Waals surface area (Å²) < 4.78 is 5.28. The molecule has 1 heterocycles. The van der Waals surface area contributed by atoms with Crippen LogP contribution in [0.2, 0.25) is 0 Å². The fourth-order valence-corrected chi connectivity index (χ4v) is 2.80. The average molecular weight is 338 g/mol. The molecule has 128 valence electrons. The third-order valence-corrected chi connectivity index (χ3v) is 4.08. The van der Waals surface area contributed by atoms with E-state index < -0.39 is 17.8 Å². The van der Waals surface area contributed by atoms with Crippen molar-refractivity contribution < 1.29 is 19.1 Å². The molecule has 2 aromatic carbocycles. The normalized spacial score (nSPS) is 14.4. The minimum Gasteiger partial charge on any atom is -0.496 e. The second kappa shape index (κ2) is 6.76. The molecule has 0 radical (unpaired) electrons. The molecule has 25 heavy (non-hydrogen) atoms. The number of aryl methyl sites for hydroxylation is 1. The van der Waals surface area contributed by atoms with Gasteiger partial charge in [0.2, 0.25) is 0 Å². The van der Waals surface area contributed by atoms with Gasteiger partial charge in [-0.15, -0.1) is 0 Å². The summed E-state index contributed by atoms with van der Waals surface area (Å²) in [6.07, 6.45) is 0. The lowest BCUT2D eigenvalue weighted by molar-refractivity contribution is -0.143. The second-order valence-corrected chi connectivity index (χ2v) is 5.87. The van der Waals surface area contributed by atoms with Gasteiger partial charge in [0.25, 0.3) is 0 Å². The maximum Gasteiger partial charge on any atom is 0.334 e. The maximum absolute atomic E-state index is 12.6. The van der Waals surface area contributed by atoms with Gasteiger partial charge in [-0.3, -0.25) is 19.4 Å². The molecule has 2 aromatic rings. The van der Waals surface area contributed by atoms with Crippen molar-refractivity contribution in [2.75, 3.05) is 7.11 Å². The molecule has 0 spiro atoms. The van der Waals surface area contributed by atoms with Crippen molar-refractivity contribution in [1.29, 1.82) is 0 Å². The number of rotatable bonds is 5. The molecule has 0 bridgehead atoms. The molecule has 0 N–H and O–H groups in total. The smallest absolute Gasteiger partial charge is 0.334 e. The van der Waals surface area contributed by atoms with Gasteiger partial charge in [-0.05, 0) is 18.6 Å². The monoisotopic (exact) mass is 338 g/mol.